The van der Waals surface area contributed by atoms with E-state index in [1.165, 1.54) is 0 Å². The van der Waals surface area contributed by atoms with Gasteiger partial charge in [0.2, 0.25) is 0 Å². The second kappa shape index (κ2) is 1.71. The highest BCUT2D eigenvalue weighted by Gasteiger charge is 2.36. The van der Waals surface area contributed by atoms with Gasteiger partial charge >= 0.3 is 0 Å². The second-order valence-electron chi connectivity index (χ2n) is 3.77. The normalized spacial score (nSPS) is 14.2. The Bertz CT molecular complexity index is 61.5. The number of hydrogen-bond acceptors (Lipinski definition) is 0. The highest BCUT2D eigenvalue weighted by atomic mass is 14.9. The first-order valence-corrected chi connectivity index (χ1v) is 2.96. The van der Waals surface area contributed by atoms with Gasteiger partial charge in [0, 0.05) is 0 Å². The maximum Gasteiger partial charge on any atom is 0.143 e. The zero-order valence-corrected chi connectivity index (χ0v) is 6.41. The third kappa shape index (κ3) is 1.80. The largest absolute Gasteiger partial charge is 0.348 e. The first-order chi connectivity index (χ1) is 3.25. The molecule has 0 bridgehead atoms. The lowest BCUT2D eigenvalue weighted by atomic mass is 9.85. The molecule has 0 saturated carbocycles. The van der Waals surface area contributed by atoms with Gasteiger partial charge in [0.05, 0.1) is 0 Å². The first kappa shape index (κ1) is 7.92. The first-order valence-electron chi connectivity index (χ1n) is 2.96. The van der Waals surface area contributed by atoms with Gasteiger partial charge in [-0.15, -0.1) is 0 Å². The molecule has 0 aromatic heterocycles. The molecule has 0 heterocycles. The highest BCUT2D eigenvalue weighted by Crippen LogP contribution is 2.08. The van der Waals surface area contributed by atoms with Crippen molar-refractivity contribution in [3.8, 4) is 0 Å². The topological polar surface area (TPSA) is 55.3 Å². The van der Waals surface area contributed by atoms with Crippen LogP contribution in [-0.4, -0.2) is 11.1 Å². The molecule has 0 aliphatic heterocycles. The summed E-state index contributed by atoms with van der Waals surface area (Å²) >= 11 is 0. The smallest absolute Gasteiger partial charge is 0.143 e. The standard InChI is InChI=1S/C6H16N2/c1-5(2,7)6(3,4)8/h7-8H2,1-4H3/p+2. The molecule has 50 valence electrons. The van der Waals surface area contributed by atoms with E-state index in [1.54, 1.807) is 0 Å². The van der Waals surface area contributed by atoms with E-state index < -0.39 is 0 Å². The summed E-state index contributed by atoms with van der Waals surface area (Å²) in [4.78, 5) is 0. The van der Waals surface area contributed by atoms with Crippen LogP contribution < -0.4 is 11.5 Å². The summed E-state index contributed by atoms with van der Waals surface area (Å²) in [5, 5.41) is 0. The zero-order chi connectivity index (χ0) is 7.00. The van der Waals surface area contributed by atoms with Crippen molar-refractivity contribution in [3.05, 3.63) is 0 Å². The van der Waals surface area contributed by atoms with Crippen LogP contribution in [0.5, 0.6) is 0 Å². The fraction of sp³-hybridized carbons (Fsp3) is 1.00. The number of quaternary nitrogens is 2. The summed E-state index contributed by atoms with van der Waals surface area (Å²) in [6, 6.07) is 0. The average molecular weight is 118 g/mol. The van der Waals surface area contributed by atoms with E-state index in [4.69, 9.17) is 0 Å². The number of hydrogen-bond donors (Lipinski definition) is 2. The molecule has 0 amide bonds. The zero-order valence-electron chi connectivity index (χ0n) is 6.41. The van der Waals surface area contributed by atoms with E-state index in [2.05, 4.69) is 39.2 Å². The fourth-order valence-corrected chi connectivity index (χ4v) is 0. The molecule has 0 aliphatic carbocycles. The van der Waals surface area contributed by atoms with E-state index >= 15 is 0 Å². The van der Waals surface area contributed by atoms with Gasteiger partial charge in [-0.3, -0.25) is 0 Å². The molecule has 2 heteroatoms. The maximum absolute atomic E-state index is 3.98. The van der Waals surface area contributed by atoms with E-state index in [-0.39, 0.29) is 11.1 Å². The lowest BCUT2D eigenvalue weighted by molar-refractivity contribution is -0.595. The lowest BCUT2D eigenvalue weighted by Crippen LogP contribution is -2.91. The molecule has 6 N–H and O–H groups in total. The molecule has 0 atom stereocenters. The van der Waals surface area contributed by atoms with Crippen molar-refractivity contribution in [2.75, 3.05) is 0 Å². The van der Waals surface area contributed by atoms with Crippen molar-refractivity contribution in [1.29, 1.82) is 0 Å². The average Bonchev–Trinajstić information content (AvgIpc) is 1.25. The fourth-order valence-electron chi connectivity index (χ4n) is 0. The monoisotopic (exact) mass is 118 g/mol. The Labute approximate surface area is 51.2 Å². The number of rotatable bonds is 1. The molecule has 0 rings (SSSR count). The van der Waals surface area contributed by atoms with E-state index in [0.29, 0.717) is 0 Å². The van der Waals surface area contributed by atoms with Crippen LogP contribution in [-0.2, 0) is 0 Å². The summed E-state index contributed by atoms with van der Waals surface area (Å²) < 4.78 is 0. The van der Waals surface area contributed by atoms with Crippen LogP contribution in [0.25, 0.3) is 0 Å². The SMILES string of the molecule is CC(C)([NH3+])C(C)(C)[NH3+]. The molecule has 0 aromatic carbocycles. The molecular formula is C6H18N2+2. The molecule has 0 saturated heterocycles. The summed E-state index contributed by atoms with van der Waals surface area (Å²) in [5.74, 6) is 0. The van der Waals surface area contributed by atoms with Crippen LogP contribution in [0, 0.1) is 0 Å². The van der Waals surface area contributed by atoms with E-state index in [9.17, 15) is 0 Å². The third-order valence-corrected chi connectivity index (χ3v) is 1.83. The van der Waals surface area contributed by atoms with Crippen molar-refractivity contribution < 1.29 is 11.5 Å². The molecule has 0 aromatic rings. The van der Waals surface area contributed by atoms with E-state index in [1.807, 2.05) is 0 Å². The molecule has 0 unspecified atom stereocenters. The van der Waals surface area contributed by atoms with Crippen LogP contribution >= 0.6 is 0 Å². The van der Waals surface area contributed by atoms with Gasteiger partial charge in [-0.25, -0.2) is 0 Å². The Hall–Kier alpha value is -0.0800. The molecule has 0 radical (unpaired) electrons. The van der Waals surface area contributed by atoms with Crippen LogP contribution in [0.2, 0.25) is 0 Å². The van der Waals surface area contributed by atoms with Gasteiger partial charge in [0.15, 0.2) is 0 Å². The predicted octanol–water partition coefficient (Wildman–Crippen LogP) is -0.973. The molecular weight excluding hydrogens is 100 g/mol. The summed E-state index contributed by atoms with van der Waals surface area (Å²) in [7, 11) is 0. The minimum absolute atomic E-state index is 0.0764. The molecule has 0 aliphatic rings. The van der Waals surface area contributed by atoms with Gasteiger partial charge in [-0.1, -0.05) is 0 Å². The summed E-state index contributed by atoms with van der Waals surface area (Å²) in [6.45, 7) is 8.39. The summed E-state index contributed by atoms with van der Waals surface area (Å²) in [5.41, 5.74) is 8.11. The Kier molecular flexibility index (Phi) is 1.69. The second-order valence-corrected chi connectivity index (χ2v) is 3.77. The van der Waals surface area contributed by atoms with Crippen molar-refractivity contribution in [1.82, 2.24) is 0 Å². The Morgan fingerprint density at radius 2 is 0.875 bits per heavy atom. The van der Waals surface area contributed by atoms with Crippen LogP contribution in [0.15, 0.2) is 0 Å². The molecule has 2 nitrogen and oxygen atoms in total. The molecule has 8 heavy (non-hydrogen) atoms. The minimum atomic E-state index is 0.0764. The van der Waals surface area contributed by atoms with Crippen molar-refractivity contribution in [3.63, 3.8) is 0 Å². The highest BCUT2D eigenvalue weighted by molar-refractivity contribution is 4.81. The van der Waals surface area contributed by atoms with Crippen molar-refractivity contribution in [2.45, 2.75) is 38.8 Å². The Balaban J connectivity index is 4.02. The van der Waals surface area contributed by atoms with Gasteiger partial charge in [-0.2, -0.15) is 0 Å². The third-order valence-electron chi connectivity index (χ3n) is 1.83. The summed E-state index contributed by atoms with van der Waals surface area (Å²) in [6.07, 6.45) is 0. The minimum Gasteiger partial charge on any atom is -0.348 e. The van der Waals surface area contributed by atoms with Crippen molar-refractivity contribution >= 4 is 0 Å². The maximum atomic E-state index is 3.98. The molecule has 0 spiro atoms. The van der Waals surface area contributed by atoms with Gasteiger partial charge in [0.25, 0.3) is 0 Å². The van der Waals surface area contributed by atoms with Gasteiger partial charge in [-0.05, 0) is 27.7 Å². The Morgan fingerprint density at radius 3 is 0.875 bits per heavy atom. The van der Waals surface area contributed by atoms with Gasteiger partial charge in [0.1, 0.15) is 11.1 Å². The van der Waals surface area contributed by atoms with E-state index in [0.717, 1.165) is 0 Å². The van der Waals surface area contributed by atoms with Crippen LogP contribution in [0.3, 0.4) is 0 Å². The van der Waals surface area contributed by atoms with Crippen LogP contribution in [0.1, 0.15) is 27.7 Å². The van der Waals surface area contributed by atoms with Crippen LogP contribution in [0.4, 0.5) is 0 Å². The van der Waals surface area contributed by atoms with Crippen molar-refractivity contribution in [2.24, 2.45) is 0 Å². The molecule has 0 fully saturated rings. The quantitative estimate of drug-likeness (QED) is 0.445. The predicted molar refractivity (Wildman–Crippen MR) is 33.9 cm³/mol. The van der Waals surface area contributed by atoms with Gasteiger partial charge < -0.3 is 11.5 Å². The lowest BCUT2D eigenvalue weighted by Gasteiger charge is -2.26. The Morgan fingerprint density at radius 1 is 0.750 bits per heavy atom.